The molecule has 128 valence electrons. The maximum Gasteiger partial charge on any atom is 0.271 e. The van der Waals surface area contributed by atoms with Gasteiger partial charge in [-0.25, -0.2) is 0 Å². The zero-order valence-corrected chi connectivity index (χ0v) is 14.1. The molecule has 2 N–H and O–H groups in total. The Balaban J connectivity index is 2.05. The molecule has 0 unspecified atom stereocenters. The quantitative estimate of drug-likeness (QED) is 0.724. The lowest BCUT2D eigenvalue weighted by Gasteiger charge is -2.11. The van der Waals surface area contributed by atoms with Crippen LogP contribution in [-0.4, -0.2) is 36.9 Å². The molecule has 1 amide bonds. The summed E-state index contributed by atoms with van der Waals surface area (Å²) in [5, 5.41) is 13.9. The van der Waals surface area contributed by atoms with Crippen LogP contribution in [0.15, 0.2) is 30.3 Å². The maximum atomic E-state index is 11.9. The van der Waals surface area contributed by atoms with Gasteiger partial charge in [0.25, 0.3) is 5.91 Å². The Labute approximate surface area is 141 Å². The lowest BCUT2D eigenvalue weighted by atomic mass is 10.2. The van der Waals surface area contributed by atoms with Gasteiger partial charge in [0.1, 0.15) is 11.5 Å². The van der Waals surface area contributed by atoms with E-state index in [1.165, 1.54) is 0 Å². The maximum absolute atomic E-state index is 11.9. The topological polar surface area (TPSA) is 85.4 Å². The average molecular weight is 330 g/mol. The summed E-state index contributed by atoms with van der Waals surface area (Å²) in [5.41, 5.74) is 1.02. The van der Waals surface area contributed by atoms with Crippen LogP contribution < -0.4 is 20.1 Å². The first-order valence-corrected chi connectivity index (χ1v) is 7.79. The molecule has 0 aliphatic heterocycles. The van der Waals surface area contributed by atoms with Crippen molar-refractivity contribution in [3.8, 4) is 11.5 Å². The van der Waals surface area contributed by atoms with Gasteiger partial charge in [-0.15, -0.1) is 10.2 Å². The van der Waals surface area contributed by atoms with Gasteiger partial charge in [0.15, 0.2) is 11.5 Å². The van der Waals surface area contributed by atoms with Crippen molar-refractivity contribution in [3.63, 3.8) is 0 Å². The first kappa shape index (κ1) is 17.5. The van der Waals surface area contributed by atoms with E-state index in [4.69, 9.17) is 9.47 Å². The summed E-state index contributed by atoms with van der Waals surface area (Å²) in [6.45, 7) is 2.71. The Morgan fingerprint density at radius 3 is 2.58 bits per heavy atom. The van der Waals surface area contributed by atoms with E-state index >= 15 is 0 Å². The van der Waals surface area contributed by atoms with Gasteiger partial charge in [-0.2, -0.15) is 0 Å². The van der Waals surface area contributed by atoms with Gasteiger partial charge in [0.05, 0.1) is 19.9 Å². The molecule has 7 heteroatoms. The standard InChI is InChI=1S/C17H22N4O3/c1-4-5-10-18-17(22)14-8-9-16(21-20-14)19-13-7-6-12(23-2)11-15(13)24-3/h6-9,11H,4-5,10H2,1-3H3,(H,18,22)(H,19,21). The van der Waals surface area contributed by atoms with Crippen LogP contribution in [0, 0.1) is 0 Å². The summed E-state index contributed by atoms with van der Waals surface area (Å²) in [7, 11) is 3.17. The van der Waals surface area contributed by atoms with Gasteiger partial charge in [0.2, 0.25) is 0 Å². The monoisotopic (exact) mass is 330 g/mol. The average Bonchev–Trinajstić information content (AvgIpc) is 2.62. The van der Waals surface area contributed by atoms with E-state index in [9.17, 15) is 4.79 Å². The molecule has 0 aliphatic carbocycles. The number of amides is 1. The first-order valence-electron chi connectivity index (χ1n) is 7.79. The van der Waals surface area contributed by atoms with Crippen LogP contribution in [0.25, 0.3) is 0 Å². The number of anilines is 2. The van der Waals surface area contributed by atoms with Crippen LogP contribution >= 0.6 is 0 Å². The van der Waals surface area contributed by atoms with E-state index in [1.807, 2.05) is 12.1 Å². The minimum absolute atomic E-state index is 0.218. The second-order valence-corrected chi connectivity index (χ2v) is 5.10. The fourth-order valence-corrected chi connectivity index (χ4v) is 2.03. The molecule has 0 atom stereocenters. The zero-order chi connectivity index (χ0) is 17.4. The number of rotatable bonds is 8. The van der Waals surface area contributed by atoms with Gasteiger partial charge in [-0.1, -0.05) is 13.3 Å². The molecule has 24 heavy (non-hydrogen) atoms. The molecule has 1 heterocycles. The fraction of sp³-hybridized carbons (Fsp3) is 0.353. The predicted octanol–water partition coefficient (Wildman–Crippen LogP) is 2.77. The van der Waals surface area contributed by atoms with Crippen LogP contribution in [0.3, 0.4) is 0 Å². The number of nitrogens with zero attached hydrogens (tertiary/aromatic N) is 2. The molecule has 1 aromatic carbocycles. The number of methoxy groups -OCH3 is 2. The number of carbonyl (C=O) groups is 1. The first-order chi connectivity index (χ1) is 11.7. The molecular formula is C17H22N4O3. The number of ether oxygens (including phenoxy) is 2. The lowest BCUT2D eigenvalue weighted by molar-refractivity contribution is 0.0947. The highest BCUT2D eigenvalue weighted by Crippen LogP contribution is 2.30. The molecule has 2 rings (SSSR count). The molecule has 0 radical (unpaired) electrons. The minimum atomic E-state index is -0.218. The molecule has 2 aromatic rings. The predicted molar refractivity (Wildman–Crippen MR) is 92.1 cm³/mol. The van der Waals surface area contributed by atoms with Crippen molar-refractivity contribution < 1.29 is 14.3 Å². The molecule has 0 bridgehead atoms. The van der Waals surface area contributed by atoms with Crippen molar-refractivity contribution in [2.75, 3.05) is 26.1 Å². The number of benzene rings is 1. The van der Waals surface area contributed by atoms with Crippen LogP contribution in [0.4, 0.5) is 11.5 Å². The highest BCUT2D eigenvalue weighted by Gasteiger charge is 2.09. The third-order valence-corrected chi connectivity index (χ3v) is 3.38. The number of hydrogen-bond donors (Lipinski definition) is 2. The highest BCUT2D eigenvalue weighted by molar-refractivity contribution is 5.92. The molecule has 0 fully saturated rings. The van der Waals surface area contributed by atoms with E-state index < -0.39 is 0 Å². The van der Waals surface area contributed by atoms with Crippen molar-refractivity contribution in [1.29, 1.82) is 0 Å². The minimum Gasteiger partial charge on any atom is -0.497 e. The van der Waals surface area contributed by atoms with Gasteiger partial charge < -0.3 is 20.1 Å². The van der Waals surface area contributed by atoms with Crippen LogP contribution in [0.2, 0.25) is 0 Å². The summed E-state index contributed by atoms with van der Waals surface area (Å²) in [5.74, 6) is 1.62. The molecule has 0 spiro atoms. The van der Waals surface area contributed by atoms with E-state index in [0.29, 0.717) is 29.6 Å². The van der Waals surface area contributed by atoms with Crippen LogP contribution in [-0.2, 0) is 0 Å². The van der Waals surface area contributed by atoms with Crippen molar-refractivity contribution in [2.24, 2.45) is 0 Å². The number of unbranched alkanes of at least 4 members (excludes halogenated alkanes) is 1. The van der Waals surface area contributed by atoms with E-state index in [2.05, 4.69) is 27.8 Å². The third-order valence-electron chi connectivity index (χ3n) is 3.38. The van der Waals surface area contributed by atoms with Crippen molar-refractivity contribution >= 4 is 17.4 Å². The second-order valence-electron chi connectivity index (χ2n) is 5.10. The Morgan fingerprint density at radius 1 is 1.12 bits per heavy atom. The summed E-state index contributed by atoms with van der Waals surface area (Å²) < 4.78 is 10.5. The number of aromatic nitrogens is 2. The Bertz CT molecular complexity index is 674. The smallest absolute Gasteiger partial charge is 0.271 e. The van der Waals surface area contributed by atoms with E-state index in [-0.39, 0.29) is 5.91 Å². The van der Waals surface area contributed by atoms with Crippen molar-refractivity contribution in [1.82, 2.24) is 15.5 Å². The molecule has 1 aromatic heterocycles. The Hall–Kier alpha value is -2.83. The summed E-state index contributed by atoms with van der Waals surface area (Å²) in [6, 6.07) is 8.74. The third kappa shape index (κ3) is 4.58. The Kier molecular flexibility index (Phi) is 6.36. The number of nitrogens with one attached hydrogen (secondary N) is 2. The molecule has 0 saturated heterocycles. The SMILES string of the molecule is CCCCNC(=O)c1ccc(Nc2ccc(OC)cc2OC)nn1. The summed E-state index contributed by atoms with van der Waals surface area (Å²) >= 11 is 0. The molecule has 0 aliphatic rings. The van der Waals surface area contributed by atoms with E-state index in [0.717, 1.165) is 18.5 Å². The summed E-state index contributed by atoms with van der Waals surface area (Å²) in [4.78, 5) is 11.9. The van der Waals surface area contributed by atoms with E-state index in [1.54, 1.807) is 32.4 Å². The zero-order valence-electron chi connectivity index (χ0n) is 14.1. The fourth-order valence-electron chi connectivity index (χ4n) is 2.03. The molecule has 0 saturated carbocycles. The van der Waals surface area contributed by atoms with Crippen molar-refractivity contribution in [2.45, 2.75) is 19.8 Å². The van der Waals surface area contributed by atoms with Gasteiger partial charge in [0, 0.05) is 12.6 Å². The molecular weight excluding hydrogens is 308 g/mol. The number of carbonyl (C=O) groups excluding carboxylic acids is 1. The van der Waals surface area contributed by atoms with Gasteiger partial charge >= 0.3 is 0 Å². The Morgan fingerprint density at radius 2 is 1.96 bits per heavy atom. The number of hydrogen-bond acceptors (Lipinski definition) is 6. The summed E-state index contributed by atoms with van der Waals surface area (Å²) in [6.07, 6.45) is 1.97. The molecule has 7 nitrogen and oxygen atoms in total. The van der Waals surface area contributed by atoms with Crippen LogP contribution in [0.5, 0.6) is 11.5 Å². The van der Waals surface area contributed by atoms with Gasteiger partial charge in [-0.05, 0) is 30.7 Å². The van der Waals surface area contributed by atoms with Crippen molar-refractivity contribution in [3.05, 3.63) is 36.0 Å². The second kappa shape index (κ2) is 8.71. The lowest BCUT2D eigenvalue weighted by Crippen LogP contribution is -2.25. The highest BCUT2D eigenvalue weighted by atomic mass is 16.5. The van der Waals surface area contributed by atoms with Crippen LogP contribution in [0.1, 0.15) is 30.3 Å². The normalized spacial score (nSPS) is 10.1. The van der Waals surface area contributed by atoms with Gasteiger partial charge in [-0.3, -0.25) is 4.79 Å². The largest absolute Gasteiger partial charge is 0.497 e.